The summed E-state index contributed by atoms with van der Waals surface area (Å²) in [6.07, 6.45) is 2.90. The number of ether oxygens (including phenoxy) is 3. The number of nitrogens with zero attached hydrogens (tertiary/aromatic N) is 2. The minimum absolute atomic E-state index is 0.0587. The van der Waals surface area contributed by atoms with Gasteiger partial charge in [-0.3, -0.25) is 24.3 Å². The largest absolute Gasteiger partial charge is 0.493 e. The average molecular weight is 690 g/mol. The number of nitrogens with one attached hydrogen (secondary N) is 2. The summed E-state index contributed by atoms with van der Waals surface area (Å²) in [6, 6.07) is 15.6. The van der Waals surface area contributed by atoms with Crippen molar-refractivity contribution in [2.45, 2.75) is 52.2 Å². The number of fused-ring (bicyclic) bond motifs is 1. The van der Waals surface area contributed by atoms with Gasteiger partial charge in [0.15, 0.2) is 11.6 Å². The lowest BCUT2D eigenvalue weighted by atomic mass is 10.0. The molecule has 1 aliphatic carbocycles. The topological polar surface area (TPSA) is 145 Å². The lowest BCUT2D eigenvalue weighted by Crippen LogP contribution is -2.54. The molecule has 264 valence electrons. The molecule has 0 spiro atoms. The van der Waals surface area contributed by atoms with Crippen molar-refractivity contribution in [1.29, 1.82) is 0 Å². The maximum absolute atomic E-state index is 15.2. The summed E-state index contributed by atoms with van der Waals surface area (Å²) >= 11 is 0. The van der Waals surface area contributed by atoms with Gasteiger partial charge in [-0.2, -0.15) is 0 Å². The Hall–Kier alpha value is -5.14. The van der Waals surface area contributed by atoms with E-state index in [4.69, 9.17) is 19.9 Å². The average Bonchev–Trinajstić information content (AvgIpc) is 3.91. The van der Waals surface area contributed by atoms with E-state index in [0.717, 1.165) is 19.0 Å². The molecule has 3 aromatic carbocycles. The molecule has 1 atom stereocenters. The number of benzene rings is 3. The molecule has 1 saturated carbocycles. The van der Waals surface area contributed by atoms with Crippen LogP contribution in [0.1, 0.15) is 40.0 Å². The third kappa shape index (κ3) is 8.71. The highest BCUT2D eigenvalue weighted by atomic mass is 19.1. The highest BCUT2D eigenvalue weighted by Gasteiger charge is 2.56. The minimum Gasteiger partial charge on any atom is -0.493 e. The fourth-order valence-corrected chi connectivity index (χ4v) is 5.31. The first-order chi connectivity index (χ1) is 24.1. The van der Waals surface area contributed by atoms with Crippen LogP contribution in [0.4, 0.5) is 20.2 Å². The van der Waals surface area contributed by atoms with Crippen LogP contribution in [-0.4, -0.2) is 66.1 Å². The van der Waals surface area contributed by atoms with Crippen LogP contribution in [0.15, 0.2) is 72.9 Å². The zero-order valence-electron chi connectivity index (χ0n) is 28.2. The number of pyridine rings is 1. The molecule has 1 saturated heterocycles. The summed E-state index contributed by atoms with van der Waals surface area (Å²) in [6.45, 7) is 8.25. The van der Waals surface area contributed by atoms with Crippen molar-refractivity contribution in [3.8, 4) is 17.2 Å². The van der Waals surface area contributed by atoms with Gasteiger partial charge in [0.1, 0.15) is 34.9 Å². The first-order valence-corrected chi connectivity index (χ1v) is 16.7. The van der Waals surface area contributed by atoms with Gasteiger partial charge in [0, 0.05) is 54.7 Å². The molecule has 2 fully saturated rings. The Morgan fingerprint density at radius 1 is 0.940 bits per heavy atom. The number of hydrogen-bond acceptors (Lipinski definition) is 9. The summed E-state index contributed by atoms with van der Waals surface area (Å²) in [5, 5.41) is 5.92. The van der Waals surface area contributed by atoms with E-state index in [1.54, 1.807) is 37.4 Å². The Morgan fingerprint density at radius 3 is 2.28 bits per heavy atom. The smallest absolute Gasteiger partial charge is 0.322 e. The molecular weight excluding hydrogens is 648 g/mol. The highest BCUT2D eigenvalue weighted by Crippen LogP contribution is 2.47. The van der Waals surface area contributed by atoms with Gasteiger partial charge in [-0.15, -0.1) is 0 Å². The van der Waals surface area contributed by atoms with Crippen molar-refractivity contribution in [3.05, 3.63) is 84.6 Å². The minimum atomic E-state index is -1.28. The van der Waals surface area contributed by atoms with Crippen molar-refractivity contribution in [3.63, 3.8) is 0 Å². The van der Waals surface area contributed by atoms with Gasteiger partial charge in [0.2, 0.25) is 11.8 Å². The molecule has 2 aliphatic rings. The zero-order valence-corrected chi connectivity index (χ0v) is 28.2. The quantitative estimate of drug-likeness (QED) is 0.0870. The van der Waals surface area contributed by atoms with E-state index in [1.165, 1.54) is 36.4 Å². The van der Waals surface area contributed by atoms with Crippen molar-refractivity contribution in [2.24, 2.45) is 11.1 Å². The second-order valence-electron chi connectivity index (χ2n) is 12.0. The standard InChI is InChI=1S/C35H35F2N5O6.C2H6/c1-21(38)32(43)47-26-19-42(20-26)15-2-16-46-25-8-9-27-29(18-25)39-14-11-30(27)48-31-10-7-24(17-28(31)37)41-34(45)35(12-13-35)33(44)40-23-5-3-22(36)4-6-23;1-2/h3-11,14,17-18,21,26H,2,12-13,15-16,19-20,38H2,1H3,(H,40,44)(H,41,45);1-2H3. The fourth-order valence-electron chi connectivity index (χ4n) is 5.31. The zero-order chi connectivity index (χ0) is 35.8. The molecule has 0 bridgehead atoms. The number of carbonyl (C=O) groups is 3. The number of amides is 2. The maximum atomic E-state index is 15.2. The lowest BCUT2D eigenvalue weighted by molar-refractivity contribution is -0.158. The number of hydrogen-bond donors (Lipinski definition) is 3. The van der Waals surface area contributed by atoms with Gasteiger partial charge in [0.25, 0.3) is 0 Å². The van der Waals surface area contributed by atoms with E-state index < -0.39 is 34.9 Å². The van der Waals surface area contributed by atoms with Crippen LogP contribution in [0.5, 0.6) is 17.2 Å². The maximum Gasteiger partial charge on any atom is 0.322 e. The van der Waals surface area contributed by atoms with Crippen LogP contribution in [-0.2, 0) is 19.1 Å². The number of likely N-dealkylation sites (tertiary alicyclic amines) is 1. The first-order valence-electron chi connectivity index (χ1n) is 16.7. The highest BCUT2D eigenvalue weighted by molar-refractivity contribution is 6.16. The number of nitrogens with two attached hydrogens (primary N) is 1. The Balaban J connectivity index is 0.00000239. The van der Waals surface area contributed by atoms with Crippen LogP contribution in [0.25, 0.3) is 10.9 Å². The molecule has 50 heavy (non-hydrogen) atoms. The van der Waals surface area contributed by atoms with Crippen LogP contribution >= 0.6 is 0 Å². The van der Waals surface area contributed by atoms with Gasteiger partial charge in [-0.05, 0) is 80.8 Å². The van der Waals surface area contributed by atoms with E-state index in [9.17, 15) is 18.8 Å². The summed E-state index contributed by atoms with van der Waals surface area (Å²) in [5.74, 6) is -1.64. The van der Waals surface area contributed by atoms with E-state index in [2.05, 4.69) is 20.5 Å². The SMILES string of the molecule is CC.CC(N)C(=O)OC1CN(CCCOc2ccc3c(Oc4ccc(NC(=O)C5(C(=O)Nc6ccc(F)cc6)CC5)cc4F)ccnc3c2)C1. The number of rotatable bonds is 13. The molecule has 4 N–H and O–H groups in total. The third-order valence-corrected chi connectivity index (χ3v) is 8.27. The lowest BCUT2D eigenvalue weighted by Gasteiger charge is -2.38. The van der Waals surface area contributed by atoms with Crippen molar-refractivity contribution >= 4 is 40.1 Å². The fraction of sp³-hybridized carbons (Fsp3) is 0.351. The molecule has 6 rings (SSSR count). The van der Waals surface area contributed by atoms with Crippen molar-refractivity contribution < 1.29 is 37.4 Å². The molecule has 4 aromatic rings. The third-order valence-electron chi connectivity index (χ3n) is 8.27. The summed E-state index contributed by atoms with van der Waals surface area (Å²) < 4.78 is 45.5. The van der Waals surface area contributed by atoms with Crippen molar-refractivity contribution in [1.82, 2.24) is 9.88 Å². The van der Waals surface area contributed by atoms with E-state index in [-0.39, 0.29) is 23.5 Å². The number of esters is 1. The van der Waals surface area contributed by atoms with Gasteiger partial charge in [0.05, 0.1) is 12.1 Å². The molecular formula is C37H41F2N5O6. The number of halogens is 2. The molecule has 13 heteroatoms. The Kier molecular flexibility index (Phi) is 11.6. The van der Waals surface area contributed by atoms with Crippen LogP contribution in [0.2, 0.25) is 0 Å². The molecule has 1 aromatic heterocycles. The molecule has 0 radical (unpaired) electrons. The van der Waals surface area contributed by atoms with Gasteiger partial charge in [-0.25, -0.2) is 8.78 Å². The molecule has 11 nitrogen and oxygen atoms in total. The second-order valence-corrected chi connectivity index (χ2v) is 12.0. The molecule has 1 aliphatic heterocycles. The second kappa shape index (κ2) is 16.0. The van der Waals surface area contributed by atoms with Gasteiger partial charge in [-0.1, -0.05) is 13.8 Å². The number of anilines is 2. The van der Waals surface area contributed by atoms with Gasteiger partial charge < -0.3 is 30.6 Å². The van der Waals surface area contributed by atoms with E-state index in [1.807, 2.05) is 13.8 Å². The summed E-state index contributed by atoms with van der Waals surface area (Å²) in [5.41, 5.74) is 5.40. The molecule has 1 unspecified atom stereocenters. The predicted molar refractivity (Wildman–Crippen MR) is 185 cm³/mol. The predicted octanol–water partition coefficient (Wildman–Crippen LogP) is 6.03. The van der Waals surface area contributed by atoms with Crippen LogP contribution in [0, 0.1) is 17.0 Å². The van der Waals surface area contributed by atoms with Crippen molar-refractivity contribution in [2.75, 3.05) is 36.9 Å². The monoisotopic (exact) mass is 689 g/mol. The Morgan fingerprint density at radius 2 is 1.62 bits per heavy atom. The van der Waals surface area contributed by atoms with Crippen LogP contribution in [0.3, 0.4) is 0 Å². The molecule has 2 heterocycles. The first kappa shape index (κ1) is 36.1. The number of carbonyl (C=O) groups excluding carboxylic acids is 3. The number of aromatic nitrogens is 1. The van der Waals surface area contributed by atoms with E-state index in [0.29, 0.717) is 60.6 Å². The molecule has 2 amide bonds. The summed E-state index contributed by atoms with van der Waals surface area (Å²) in [4.78, 5) is 44.0. The van der Waals surface area contributed by atoms with Gasteiger partial charge >= 0.3 is 5.97 Å². The normalized spacial score (nSPS) is 15.5. The Bertz CT molecular complexity index is 1830. The Labute approximate surface area is 289 Å². The summed E-state index contributed by atoms with van der Waals surface area (Å²) in [7, 11) is 0. The van der Waals surface area contributed by atoms with E-state index >= 15 is 4.39 Å². The van der Waals surface area contributed by atoms with Crippen LogP contribution < -0.4 is 25.8 Å².